The van der Waals surface area contributed by atoms with Crippen LogP contribution in [0.4, 0.5) is 8.78 Å². The van der Waals surface area contributed by atoms with Crippen molar-refractivity contribution >= 4 is 23.5 Å². The van der Waals surface area contributed by atoms with Crippen LogP contribution in [0.1, 0.15) is 5.76 Å². The van der Waals surface area contributed by atoms with Crippen molar-refractivity contribution in [2.24, 2.45) is 10.8 Å². The molecule has 4 nitrogen and oxygen atoms in total. The fourth-order valence-corrected chi connectivity index (χ4v) is 1.47. The summed E-state index contributed by atoms with van der Waals surface area (Å²) in [5.74, 6) is -0.689. The van der Waals surface area contributed by atoms with Crippen LogP contribution in [0.25, 0.3) is 11.3 Å². The second kappa shape index (κ2) is 5.57. The van der Waals surface area contributed by atoms with Gasteiger partial charge in [-0.2, -0.15) is 5.10 Å². The van der Waals surface area contributed by atoms with Gasteiger partial charge in [0.25, 0.3) is 0 Å². The Balaban J connectivity index is 2.21. The number of rotatable bonds is 3. The molecule has 19 heavy (non-hydrogen) atoms. The fourth-order valence-electron chi connectivity index (χ4n) is 1.42. The van der Waals surface area contributed by atoms with Gasteiger partial charge in [-0.05, 0) is 36.5 Å². The summed E-state index contributed by atoms with van der Waals surface area (Å²) in [6, 6.07) is 6.39. The molecule has 2 aromatic rings. The minimum Gasteiger partial charge on any atom is -0.455 e. The highest BCUT2D eigenvalue weighted by molar-refractivity contribution is 7.80. The number of hydrogen-bond acceptors (Lipinski definition) is 3. The van der Waals surface area contributed by atoms with E-state index in [9.17, 15) is 8.78 Å². The van der Waals surface area contributed by atoms with Gasteiger partial charge in [-0.1, -0.05) is 0 Å². The SMILES string of the molecule is NC(=S)NN=Cc1ccc(-c2ccc(F)cc2F)o1. The minimum absolute atomic E-state index is 0.0209. The number of hydrogen-bond donors (Lipinski definition) is 2. The van der Waals surface area contributed by atoms with Gasteiger partial charge >= 0.3 is 0 Å². The van der Waals surface area contributed by atoms with Crippen LogP contribution in [0, 0.1) is 11.6 Å². The largest absolute Gasteiger partial charge is 0.455 e. The van der Waals surface area contributed by atoms with Gasteiger partial charge in [0.05, 0.1) is 11.8 Å². The zero-order chi connectivity index (χ0) is 13.8. The lowest BCUT2D eigenvalue weighted by atomic mass is 10.1. The van der Waals surface area contributed by atoms with Crippen LogP contribution >= 0.6 is 12.2 Å². The van der Waals surface area contributed by atoms with E-state index in [1.165, 1.54) is 12.3 Å². The van der Waals surface area contributed by atoms with E-state index < -0.39 is 11.6 Å². The van der Waals surface area contributed by atoms with E-state index in [2.05, 4.69) is 22.7 Å². The summed E-state index contributed by atoms with van der Waals surface area (Å²) < 4.78 is 31.6. The van der Waals surface area contributed by atoms with Gasteiger partial charge in [-0.15, -0.1) is 0 Å². The van der Waals surface area contributed by atoms with E-state index in [-0.39, 0.29) is 16.4 Å². The Hall–Kier alpha value is -2.28. The Morgan fingerprint density at radius 1 is 1.32 bits per heavy atom. The first kappa shape index (κ1) is 13.2. The molecule has 0 aliphatic carbocycles. The Kier molecular flexibility index (Phi) is 3.86. The lowest BCUT2D eigenvalue weighted by Gasteiger charge is -1.99. The predicted molar refractivity (Wildman–Crippen MR) is 71.6 cm³/mol. The molecule has 1 aromatic carbocycles. The predicted octanol–water partition coefficient (Wildman–Crippen LogP) is 2.39. The van der Waals surface area contributed by atoms with Gasteiger partial charge in [0.1, 0.15) is 23.2 Å². The standard InChI is InChI=1S/C12H9F2N3OS/c13-7-1-3-9(10(14)5-7)11-4-2-8(18-11)6-16-17-12(15)19/h1-6H,(H3,15,17,19). The number of benzene rings is 1. The summed E-state index contributed by atoms with van der Waals surface area (Å²) in [5, 5.41) is 3.72. The van der Waals surface area contributed by atoms with Crippen LogP contribution in [-0.2, 0) is 0 Å². The van der Waals surface area contributed by atoms with Crippen LogP contribution in [0.3, 0.4) is 0 Å². The highest BCUT2D eigenvalue weighted by Crippen LogP contribution is 2.24. The summed E-state index contributed by atoms with van der Waals surface area (Å²) in [6.45, 7) is 0. The summed E-state index contributed by atoms with van der Waals surface area (Å²) >= 11 is 4.56. The van der Waals surface area contributed by atoms with E-state index in [0.29, 0.717) is 5.76 Å². The first-order valence-corrected chi connectivity index (χ1v) is 5.61. The van der Waals surface area contributed by atoms with Crippen molar-refractivity contribution in [3.63, 3.8) is 0 Å². The highest BCUT2D eigenvalue weighted by Gasteiger charge is 2.10. The maximum atomic E-state index is 13.5. The molecule has 0 aliphatic rings. The fraction of sp³-hybridized carbons (Fsp3) is 0. The molecular weight excluding hydrogens is 272 g/mol. The summed E-state index contributed by atoms with van der Waals surface area (Å²) in [7, 11) is 0. The van der Waals surface area contributed by atoms with Crippen LogP contribution in [0.2, 0.25) is 0 Å². The van der Waals surface area contributed by atoms with Gasteiger partial charge in [0.15, 0.2) is 5.11 Å². The van der Waals surface area contributed by atoms with Crippen LogP contribution < -0.4 is 11.2 Å². The summed E-state index contributed by atoms with van der Waals surface area (Å²) in [4.78, 5) is 0. The first-order valence-electron chi connectivity index (χ1n) is 5.20. The second-order valence-electron chi connectivity index (χ2n) is 3.56. The quantitative estimate of drug-likeness (QED) is 0.515. The van der Waals surface area contributed by atoms with Gasteiger partial charge in [-0.3, -0.25) is 5.43 Å². The second-order valence-corrected chi connectivity index (χ2v) is 4.00. The van der Waals surface area contributed by atoms with E-state index in [4.69, 9.17) is 10.2 Å². The molecule has 0 saturated carbocycles. The molecule has 0 bridgehead atoms. The molecule has 1 aromatic heterocycles. The molecule has 0 radical (unpaired) electrons. The Morgan fingerprint density at radius 2 is 2.11 bits per heavy atom. The number of thiocarbonyl (C=S) groups is 1. The molecule has 2 rings (SSSR count). The normalized spacial score (nSPS) is 10.8. The van der Waals surface area contributed by atoms with Crippen molar-refractivity contribution in [2.45, 2.75) is 0 Å². The van der Waals surface area contributed by atoms with Crippen molar-refractivity contribution in [1.29, 1.82) is 0 Å². The third-order valence-corrected chi connectivity index (χ3v) is 2.28. The van der Waals surface area contributed by atoms with Crippen molar-refractivity contribution in [3.8, 4) is 11.3 Å². The molecular formula is C12H9F2N3OS. The molecule has 7 heteroatoms. The van der Waals surface area contributed by atoms with Gasteiger partial charge in [-0.25, -0.2) is 8.78 Å². The molecule has 0 unspecified atom stereocenters. The first-order chi connectivity index (χ1) is 9.06. The smallest absolute Gasteiger partial charge is 0.184 e. The molecule has 3 N–H and O–H groups in total. The lowest BCUT2D eigenvalue weighted by Crippen LogP contribution is -2.23. The maximum absolute atomic E-state index is 13.5. The number of nitrogens with one attached hydrogen (secondary N) is 1. The molecule has 98 valence electrons. The van der Waals surface area contributed by atoms with Crippen molar-refractivity contribution in [2.75, 3.05) is 0 Å². The Morgan fingerprint density at radius 3 is 2.79 bits per heavy atom. The zero-order valence-corrected chi connectivity index (χ0v) is 10.4. The minimum atomic E-state index is -0.695. The number of hydrazone groups is 1. The molecule has 0 fully saturated rings. The molecule has 0 spiro atoms. The van der Waals surface area contributed by atoms with Crippen molar-refractivity contribution < 1.29 is 13.2 Å². The number of nitrogens with two attached hydrogens (primary N) is 1. The zero-order valence-electron chi connectivity index (χ0n) is 9.56. The van der Waals surface area contributed by atoms with Crippen LogP contribution in [0.5, 0.6) is 0 Å². The summed E-state index contributed by atoms with van der Waals surface area (Å²) in [5.41, 5.74) is 7.70. The molecule has 1 heterocycles. The van der Waals surface area contributed by atoms with E-state index >= 15 is 0 Å². The maximum Gasteiger partial charge on any atom is 0.184 e. The average Bonchev–Trinajstić information content (AvgIpc) is 2.77. The number of nitrogens with zero attached hydrogens (tertiary/aromatic N) is 1. The van der Waals surface area contributed by atoms with Crippen LogP contribution in [-0.4, -0.2) is 11.3 Å². The van der Waals surface area contributed by atoms with Gasteiger partial charge in [0.2, 0.25) is 0 Å². The lowest BCUT2D eigenvalue weighted by molar-refractivity contribution is 0.556. The Labute approximate surface area is 112 Å². The van der Waals surface area contributed by atoms with Crippen molar-refractivity contribution in [3.05, 3.63) is 47.7 Å². The van der Waals surface area contributed by atoms with Crippen LogP contribution in [0.15, 0.2) is 39.9 Å². The molecule has 0 aliphatic heterocycles. The van der Waals surface area contributed by atoms with E-state index in [1.54, 1.807) is 12.1 Å². The third-order valence-electron chi connectivity index (χ3n) is 2.19. The number of furan rings is 1. The topological polar surface area (TPSA) is 63.5 Å². The molecule has 0 saturated heterocycles. The average molecular weight is 281 g/mol. The Bertz CT molecular complexity index is 640. The molecule has 0 atom stereocenters. The monoisotopic (exact) mass is 281 g/mol. The third kappa shape index (κ3) is 3.35. The van der Waals surface area contributed by atoms with Gasteiger partial charge < -0.3 is 10.2 Å². The molecule has 0 amide bonds. The summed E-state index contributed by atoms with van der Waals surface area (Å²) in [6.07, 6.45) is 1.34. The van der Waals surface area contributed by atoms with E-state index in [1.807, 2.05) is 0 Å². The highest BCUT2D eigenvalue weighted by atomic mass is 32.1. The van der Waals surface area contributed by atoms with Gasteiger partial charge in [0, 0.05) is 6.07 Å². The van der Waals surface area contributed by atoms with E-state index in [0.717, 1.165) is 12.1 Å². The van der Waals surface area contributed by atoms with Crippen molar-refractivity contribution in [1.82, 2.24) is 5.43 Å². The number of halogens is 2.